The van der Waals surface area contributed by atoms with E-state index in [4.69, 9.17) is 19.0 Å². The van der Waals surface area contributed by atoms with E-state index in [2.05, 4.69) is 0 Å². The molecular formula is C31H24N2O5. The zero-order chi connectivity index (χ0) is 26.4. The predicted octanol–water partition coefficient (Wildman–Crippen LogP) is 5.79. The quantitative estimate of drug-likeness (QED) is 0.222. The number of hydrogen-bond donors (Lipinski definition) is 0. The average molecular weight is 505 g/mol. The van der Waals surface area contributed by atoms with Crippen LogP contribution in [0.1, 0.15) is 27.0 Å². The molecule has 0 unspecified atom stereocenters. The molecule has 3 aromatic carbocycles. The lowest BCUT2D eigenvalue weighted by Gasteiger charge is -2.08. The summed E-state index contributed by atoms with van der Waals surface area (Å²) in [5.74, 6) is 0.977. The van der Waals surface area contributed by atoms with Gasteiger partial charge in [0.05, 0.1) is 25.5 Å². The van der Waals surface area contributed by atoms with Crippen molar-refractivity contribution in [2.75, 3.05) is 14.2 Å². The number of allylic oxidation sites excluding steroid dienone is 1. The van der Waals surface area contributed by atoms with Gasteiger partial charge in [-0.05, 0) is 55.0 Å². The van der Waals surface area contributed by atoms with E-state index in [1.807, 2.05) is 67.7 Å². The molecule has 38 heavy (non-hydrogen) atoms. The molecule has 188 valence electrons. The van der Waals surface area contributed by atoms with Crippen molar-refractivity contribution in [1.29, 1.82) is 0 Å². The van der Waals surface area contributed by atoms with Crippen molar-refractivity contribution in [2.45, 2.75) is 13.3 Å². The second-order valence-electron chi connectivity index (χ2n) is 9.24. The number of Topliss-reactive ketones (excluding diaryl/α,β-unsaturated/α-hetero) is 1. The van der Waals surface area contributed by atoms with E-state index in [0.717, 1.165) is 22.2 Å². The molecule has 0 bridgehead atoms. The molecule has 5 aromatic rings. The lowest BCUT2D eigenvalue weighted by Crippen LogP contribution is -2.04. The van der Waals surface area contributed by atoms with Crippen LogP contribution >= 0.6 is 0 Å². The number of fused-ring (bicyclic) bond motifs is 2. The van der Waals surface area contributed by atoms with Gasteiger partial charge < -0.3 is 13.9 Å². The van der Waals surface area contributed by atoms with Crippen LogP contribution < -0.4 is 15.1 Å². The van der Waals surface area contributed by atoms with Crippen molar-refractivity contribution in [1.82, 2.24) is 9.78 Å². The molecule has 0 radical (unpaired) electrons. The number of aryl methyl sites for hydroxylation is 1. The van der Waals surface area contributed by atoms with E-state index >= 15 is 0 Å². The maximum absolute atomic E-state index is 13.4. The monoisotopic (exact) mass is 504 g/mol. The van der Waals surface area contributed by atoms with Gasteiger partial charge >= 0.3 is 5.63 Å². The summed E-state index contributed by atoms with van der Waals surface area (Å²) < 4.78 is 18.1. The standard InChI is InChI=1S/C31H24N2O5/c1-18-8-10-23(11-9-18)33-17-22(29(32-33)25-14-19-6-4-5-7-26(19)38-31(25)35)13-21-12-20-15-27(36-2)28(37-3)16-24(20)30(21)34/h4-11,13-17H,12H2,1-3H3/b21-13-. The van der Waals surface area contributed by atoms with Crippen LogP contribution in [-0.4, -0.2) is 29.8 Å². The van der Waals surface area contributed by atoms with Gasteiger partial charge in [-0.25, -0.2) is 9.48 Å². The molecule has 7 heteroatoms. The van der Waals surface area contributed by atoms with E-state index in [0.29, 0.717) is 51.5 Å². The Balaban J connectivity index is 1.51. The summed E-state index contributed by atoms with van der Waals surface area (Å²) in [5.41, 5.74) is 5.40. The zero-order valence-electron chi connectivity index (χ0n) is 21.1. The van der Waals surface area contributed by atoms with Crippen LogP contribution in [-0.2, 0) is 6.42 Å². The molecule has 0 fully saturated rings. The number of ether oxygens (including phenoxy) is 2. The highest BCUT2D eigenvalue weighted by atomic mass is 16.5. The molecule has 0 N–H and O–H groups in total. The van der Waals surface area contributed by atoms with E-state index in [1.165, 1.54) is 0 Å². The Hall–Kier alpha value is -4.91. The molecule has 2 aromatic heterocycles. The fraction of sp³-hybridized carbons (Fsp3) is 0.129. The first-order valence-corrected chi connectivity index (χ1v) is 12.2. The Morgan fingerprint density at radius 2 is 1.66 bits per heavy atom. The summed E-state index contributed by atoms with van der Waals surface area (Å²) in [4.78, 5) is 26.5. The first-order valence-electron chi connectivity index (χ1n) is 12.2. The number of carbonyl (C=O) groups excluding carboxylic acids is 1. The summed E-state index contributed by atoms with van der Waals surface area (Å²) in [7, 11) is 3.11. The smallest absolute Gasteiger partial charge is 0.345 e. The molecule has 0 aliphatic heterocycles. The topological polar surface area (TPSA) is 83.6 Å². The molecular weight excluding hydrogens is 480 g/mol. The Morgan fingerprint density at radius 1 is 0.921 bits per heavy atom. The van der Waals surface area contributed by atoms with Crippen LogP contribution in [0.4, 0.5) is 0 Å². The minimum atomic E-state index is -0.493. The van der Waals surface area contributed by atoms with Gasteiger partial charge in [-0.15, -0.1) is 0 Å². The zero-order valence-corrected chi connectivity index (χ0v) is 21.1. The molecule has 0 spiro atoms. The molecule has 1 aliphatic carbocycles. The summed E-state index contributed by atoms with van der Waals surface area (Å²) in [6, 6.07) is 20.6. The molecule has 0 atom stereocenters. The van der Waals surface area contributed by atoms with Crippen molar-refractivity contribution in [3.63, 3.8) is 0 Å². The Kier molecular flexibility index (Phi) is 5.68. The van der Waals surface area contributed by atoms with Gasteiger partial charge in [-0.1, -0.05) is 35.9 Å². The number of hydrogen-bond acceptors (Lipinski definition) is 6. The minimum absolute atomic E-state index is 0.0967. The number of para-hydroxylation sites is 1. The highest BCUT2D eigenvalue weighted by Gasteiger charge is 2.28. The van der Waals surface area contributed by atoms with Crippen molar-refractivity contribution in [3.8, 4) is 28.4 Å². The maximum Gasteiger partial charge on any atom is 0.345 e. The van der Waals surface area contributed by atoms with Crippen molar-refractivity contribution >= 4 is 22.8 Å². The molecule has 0 saturated heterocycles. The number of benzene rings is 3. The fourth-order valence-corrected chi connectivity index (χ4v) is 4.80. The van der Waals surface area contributed by atoms with Crippen LogP contribution in [0.25, 0.3) is 34.0 Å². The van der Waals surface area contributed by atoms with Crippen LogP contribution in [0.5, 0.6) is 11.5 Å². The van der Waals surface area contributed by atoms with E-state index in [9.17, 15) is 9.59 Å². The normalized spacial score (nSPS) is 13.8. The third kappa shape index (κ3) is 3.98. The second-order valence-corrected chi connectivity index (χ2v) is 9.24. The summed E-state index contributed by atoms with van der Waals surface area (Å²) in [5, 5.41) is 5.57. The molecule has 7 nitrogen and oxygen atoms in total. The van der Waals surface area contributed by atoms with Crippen LogP contribution in [0.2, 0.25) is 0 Å². The minimum Gasteiger partial charge on any atom is -0.493 e. The highest BCUT2D eigenvalue weighted by molar-refractivity contribution is 6.16. The number of aromatic nitrogens is 2. The second kappa shape index (κ2) is 9.19. The number of carbonyl (C=O) groups is 1. The summed E-state index contributed by atoms with van der Waals surface area (Å²) >= 11 is 0. The van der Waals surface area contributed by atoms with Gasteiger partial charge in [-0.2, -0.15) is 5.10 Å². The van der Waals surface area contributed by atoms with Gasteiger partial charge in [0, 0.05) is 34.7 Å². The molecule has 0 amide bonds. The van der Waals surface area contributed by atoms with Gasteiger partial charge in [0.1, 0.15) is 11.3 Å². The first kappa shape index (κ1) is 23.5. The largest absolute Gasteiger partial charge is 0.493 e. The first-order chi connectivity index (χ1) is 18.4. The van der Waals surface area contributed by atoms with E-state index in [-0.39, 0.29) is 5.78 Å². The van der Waals surface area contributed by atoms with Crippen molar-refractivity contribution in [2.24, 2.45) is 0 Å². The third-order valence-corrected chi connectivity index (χ3v) is 6.79. The van der Waals surface area contributed by atoms with Crippen LogP contribution in [0.15, 0.2) is 87.7 Å². The van der Waals surface area contributed by atoms with E-state index in [1.54, 1.807) is 37.1 Å². The Morgan fingerprint density at radius 3 is 2.42 bits per heavy atom. The highest BCUT2D eigenvalue weighted by Crippen LogP contribution is 2.37. The number of rotatable bonds is 5. The maximum atomic E-state index is 13.4. The number of nitrogens with zero attached hydrogens (tertiary/aromatic N) is 2. The SMILES string of the molecule is COc1cc2c(cc1OC)C(=O)/C(=C\c1cn(-c3ccc(C)cc3)nc1-c1cc3ccccc3oc1=O)C2. The van der Waals surface area contributed by atoms with Crippen molar-refractivity contribution in [3.05, 3.63) is 111 Å². The number of ketones is 1. The van der Waals surface area contributed by atoms with Gasteiger partial charge in [-0.3, -0.25) is 4.79 Å². The van der Waals surface area contributed by atoms with E-state index < -0.39 is 5.63 Å². The number of methoxy groups -OCH3 is 2. The lowest BCUT2D eigenvalue weighted by molar-refractivity contribution is 0.104. The average Bonchev–Trinajstić information content (AvgIpc) is 3.48. The summed E-state index contributed by atoms with van der Waals surface area (Å²) in [6.45, 7) is 2.02. The molecule has 1 aliphatic rings. The van der Waals surface area contributed by atoms with Gasteiger partial charge in [0.2, 0.25) is 0 Å². The Bertz CT molecular complexity index is 1810. The Labute approximate surface area is 218 Å². The molecule has 6 rings (SSSR count). The molecule has 2 heterocycles. The fourth-order valence-electron chi connectivity index (χ4n) is 4.80. The van der Waals surface area contributed by atoms with Crippen LogP contribution in [0.3, 0.4) is 0 Å². The molecule has 0 saturated carbocycles. The van der Waals surface area contributed by atoms with Gasteiger partial charge in [0.15, 0.2) is 17.3 Å². The predicted molar refractivity (Wildman–Crippen MR) is 145 cm³/mol. The third-order valence-electron chi connectivity index (χ3n) is 6.79. The van der Waals surface area contributed by atoms with Gasteiger partial charge in [0.25, 0.3) is 0 Å². The summed E-state index contributed by atoms with van der Waals surface area (Å²) in [6.07, 6.45) is 4.07. The van der Waals surface area contributed by atoms with Crippen LogP contribution in [0, 0.1) is 6.92 Å². The lowest BCUT2D eigenvalue weighted by atomic mass is 10.0. The van der Waals surface area contributed by atoms with Crippen molar-refractivity contribution < 1.29 is 18.7 Å².